The summed E-state index contributed by atoms with van der Waals surface area (Å²) in [7, 11) is 1.08. The first kappa shape index (κ1) is 19.3. The summed E-state index contributed by atoms with van der Waals surface area (Å²) in [5, 5.41) is 0.363. The number of hydrogen-bond donors (Lipinski definition) is 0. The van der Waals surface area contributed by atoms with Crippen LogP contribution in [0.4, 0.5) is 13.2 Å². The van der Waals surface area contributed by atoms with Crippen molar-refractivity contribution in [1.29, 1.82) is 0 Å². The van der Waals surface area contributed by atoms with Crippen LogP contribution in [0.25, 0.3) is 11.1 Å². The number of carbonyl (C=O) groups is 1. The highest BCUT2D eigenvalue weighted by molar-refractivity contribution is 6.36. The first-order valence-electron chi connectivity index (χ1n) is 7.01. The molecule has 25 heavy (non-hydrogen) atoms. The van der Waals surface area contributed by atoms with Crippen LogP contribution < -0.4 is 5.43 Å². The molecule has 2 aromatic rings. The number of pyridine rings is 1. The Kier molecular flexibility index (Phi) is 5.49. The third-order valence-electron chi connectivity index (χ3n) is 3.35. The van der Waals surface area contributed by atoms with Crippen molar-refractivity contribution in [2.75, 3.05) is 6.61 Å². The SMILES string of the molecule is CCOC(=O)c1c(C(F)(F)F)n(C)cc(-c2ccc(Cl)cc2Cl)c1=O. The molecule has 1 aromatic carbocycles. The van der Waals surface area contributed by atoms with E-state index in [1.165, 1.54) is 25.1 Å². The molecule has 0 radical (unpaired) electrons. The predicted octanol–water partition coefficient (Wildman–Crippen LogP) is 4.55. The second-order valence-electron chi connectivity index (χ2n) is 5.05. The molecule has 0 bridgehead atoms. The topological polar surface area (TPSA) is 48.3 Å². The van der Waals surface area contributed by atoms with Gasteiger partial charge < -0.3 is 9.30 Å². The van der Waals surface area contributed by atoms with Crippen molar-refractivity contribution in [3.8, 4) is 11.1 Å². The Morgan fingerprint density at radius 3 is 2.40 bits per heavy atom. The van der Waals surface area contributed by atoms with Crippen molar-refractivity contribution in [2.24, 2.45) is 7.05 Å². The molecule has 134 valence electrons. The molecule has 0 unspecified atom stereocenters. The lowest BCUT2D eigenvalue weighted by molar-refractivity contribution is -0.144. The first-order valence-corrected chi connectivity index (χ1v) is 7.76. The van der Waals surface area contributed by atoms with E-state index in [-0.39, 0.29) is 22.8 Å². The van der Waals surface area contributed by atoms with Crippen LogP contribution in [-0.2, 0) is 18.0 Å². The van der Waals surface area contributed by atoms with Crippen LogP contribution in [0.2, 0.25) is 10.0 Å². The van der Waals surface area contributed by atoms with Gasteiger partial charge >= 0.3 is 12.1 Å². The molecular formula is C16H12Cl2F3NO3. The molecule has 0 aliphatic rings. The van der Waals surface area contributed by atoms with Crippen LogP contribution in [0.3, 0.4) is 0 Å². The van der Waals surface area contributed by atoms with Gasteiger partial charge in [-0.1, -0.05) is 29.3 Å². The Balaban J connectivity index is 2.86. The summed E-state index contributed by atoms with van der Waals surface area (Å²) in [6.07, 6.45) is -3.94. The Labute approximate surface area is 150 Å². The average Bonchev–Trinajstić information content (AvgIpc) is 2.48. The third kappa shape index (κ3) is 3.82. The Morgan fingerprint density at radius 2 is 1.88 bits per heavy atom. The highest BCUT2D eigenvalue weighted by Crippen LogP contribution is 2.34. The Bertz CT molecular complexity index is 891. The lowest BCUT2D eigenvalue weighted by atomic mass is 10.0. The van der Waals surface area contributed by atoms with E-state index in [0.717, 1.165) is 13.2 Å². The molecule has 0 spiro atoms. The van der Waals surface area contributed by atoms with Gasteiger partial charge in [0, 0.05) is 29.4 Å². The molecule has 0 saturated carbocycles. The summed E-state index contributed by atoms with van der Waals surface area (Å²) < 4.78 is 45.3. The van der Waals surface area contributed by atoms with Crippen LogP contribution in [0.1, 0.15) is 23.0 Å². The number of esters is 1. The quantitative estimate of drug-likeness (QED) is 0.718. The van der Waals surface area contributed by atoms with Gasteiger partial charge in [0.05, 0.1) is 11.6 Å². The molecule has 0 aliphatic heterocycles. The van der Waals surface area contributed by atoms with E-state index in [1.807, 2.05) is 0 Å². The monoisotopic (exact) mass is 393 g/mol. The lowest BCUT2D eigenvalue weighted by Crippen LogP contribution is -2.29. The maximum absolute atomic E-state index is 13.3. The highest BCUT2D eigenvalue weighted by atomic mass is 35.5. The average molecular weight is 394 g/mol. The number of aryl methyl sites for hydroxylation is 1. The van der Waals surface area contributed by atoms with E-state index in [4.69, 9.17) is 23.2 Å². The molecule has 0 fully saturated rings. The largest absolute Gasteiger partial charge is 0.462 e. The van der Waals surface area contributed by atoms with Crippen molar-refractivity contribution >= 4 is 29.2 Å². The number of ether oxygens (including phenoxy) is 1. The van der Waals surface area contributed by atoms with Gasteiger partial charge in [-0.2, -0.15) is 13.2 Å². The van der Waals surface area contributed by atoms with Crippen molar-refractivity contribution in [2.45, 2.75) is 13.1 Å². The summed E-state index contributed by atoms with van der Waals surface area (Å²) in [4.78, 5) is 24.7. The van der Waals surface area contributed by atoms with Gasteiger partial charge in [0.1, 0.15) is 11.3 Å². The summed E-state index contributed by atoms with van der Waals surface area (Å²) in [6, 6.07) is 4.17. The molecule has 0 aliphatic carbocycles. The highest BCUT2D eigenvalue weighted by Gasteiger charge is 2.40. The van der Waals surface area contributed by atoms with Gasteiger partial charge in [-0.3, -0.25) is 4.79 Å². The van der Waals surface area contributed by atoms with Crippen molar-refractivity contribution in [3.05, 3.63) is 55.9 Å². The maximum atomic E-state index is 13.3. The van der Waals surface area contributed by atoms with Crippen LogP contribution in [0.5, 0.6) is 0 Å². The van der Waals surface area contributed by atoms with E-state index in [1.54, 1.807) is 0 Å². The zero-order chi connectivity index (χ0) is 18.9. The second-order valence-corrected chi connectivity index (χ2v) is 5.89. The number of nitrogens with zero attached hydrogens (tertiary/aromatic N) is 1. The van der Waals surface area contributed by atoms with Crippen LogP contribution in [0, 0.1) is 0 Å². The Morgan fingerprint density at radius 1 is 1.24 bits per heavy atom. The van der Waals surface area contributed by atoms with Crippen molar-refractivity contribution in [3.63, 3.8) is 0 Å². The first-order chi connectivity index (χ1) is 11.6. The molecule has 1 aromatic heterocycles. The second kappa shape index (κ2) is 7.09. The molecule has 4 nitrogen and oxygen atoms in total. The van der Waals surface area contributed by atoms with E-state index >= 15 is 0 Å². The summed E-state index contributed by atoms with van der Waals surface area (Å²) in [6.45, 7) is 1.25. The third-order valence-corrected chi connectivity index (χ3v) is 3.90. The number of halogens is 5. The standard InChI is InChI=1S/C16H12Cl2F3NO3/c1-3-25-15(24)12-13(23)10(7-22(2)14(12)16(19,20)21)9-5-4-8(17)6-11(9)18/h4-7H,3H2,1-2H3. The summed E-state index contributed by atoms with van der Waals surface area (Å²) in [5.41, 5.74) is -3.59. The van der Waals surface area contributed by atoms with Crippen molar-refractivity contribution < 1.29 is 22.7 Å². The van der Waals surface area contributed by atoms with Gasteiger partial charge in [-0.05, 0) is 19.1 Å². The number of alkyl halides is 3. The number of aromatic nitrogens is 1. The molecule has 9 heteroatoms. The van der Waals surface area contributed by atoms with Crippen LogP contribution >= 0.6 is 23.2 Å². The summed E-state index contributed by atoms with van der Waals surface area (Å²) in [5.74, 6) is -1.35. The molecule has 2 rings (SSSR count). The minimum atomic E-state index is -4.92. The van der Waals surface area contributed by atoms with Gasteiger partial charge in [0.25, 0.3) is 0 Å². The van der Waals surface area contributed by atoms with Crippen LogP contribution in [-0.4, -0.2) is 17.1 Å². The van der Waals surface area contributed by atoms with Gasteiger partial charge in [-0.25, -0.2) is 4.79 Å². The minimum Gasteiger partial charge on any atom is -0.462 e. The van der Waals surface area contributed by atoms with Gasteiger partial charge in [0.15, 0.2) is 0 Å². The number of hydrogen-bond acceptors (Lipinski definition) is 3. The fraction of sp³-hybridized carbons (Fsp3) is 0.250. The molecule has 1 heterocycles. The summed E-state index contributed by atoms with van der Waals surface area (Å²) >= 11 is 11.8. The molecule has 0 N–H and O–H groups in total. The van der Waals surface area contributed by atoms with Gasteiger partial charge in [-0.15, -0.1) is 0 Å². The smallest absolute Gasteiger partial charge is 0.432 e. The number of carbonyl (C=O) groups excluding carboxylic acids is 1. The van der Waals surface area contributed by atoms with E-state index in [2.05, 4.69) is 4.74 Å². The zero-order valence-electron chi connectivity index (χ0n) is 13.1. The molecule has 0 amide bonds. The predicted molar refractivity (Wildman–Crippen MR) is 88.1 cm³/mol. The molecule has 0 atom stereocenters. The maximum Gasteiger partial charge on any atom is 0.432 e. The molecule has 0 saturated heterocycles. The van der Waals surface area contributed by atoms with E-state index < -0.39 is 28.8 Å². The fourth-order valence-electron chi connectivity index (χ4n) is 2.37. The zero-order valence-corrected chi connectivity index (χ0v) is 14.6. The van der Waals surface area contributed by atoms with Crippen molar-refractivity contribution in [1.82, 2.24) is 4.57 Å². The molecular weight excluding hydrogens is 382 g/mol. The van der Waals surface area contributed by atoms with E-state index in [0.29, 0.717) is 9.59 Å². The van der Waals surface area contributed by atoms with Gasteiger partial charge in [0.2, 0.25) is 5.43 Å². The normalized spacial score (nSPS) is 11.5. The Hall–Kier alpha value is -1.99. The fourth-order valence-corrected chi connectivity index (χ4v) is 2.88. The minimum absolute atomic E-state index is 0.0687. The number of rotatable bonds is 3. The van der Waals surface area contributed by atoms with E-state index in [9.17, 15) is 22.8 Å². The lowest BCUT2D eigenvalue weighted by Gasteiger charge is -2.18. The number of benzene rings is 1. The van der Waals surface area contributed by atoms with Crippen LogP contribution in [0.15, 0.2) is 29.2 Å².